The molecule has 2 unspecified atom stereocenters. The summed E-state index contributed by atoms with van der Waals surface area (Å²) in [5, 5.41) is 0. The summed E-state index contributed by atoms with van der Waals surface area (Å²) in [6.07, 6.45) is 2.37. The Morgan fingerprint density at radius 2 is 2.06 bits per heavy atom. The van der Waals surface area contributed by atoms with Gasteiger partial charge in [0.1, 0.15) is 11.9 Å². The van der Waals surface area contributed by atoms with Crippen molar-refractivity contribution in [3.63, 3.8) is 0 Å². The molecule has 0 aliphatic carbocycles. The van der Waals surface area contributed by atoms with E-state index in [1.54, 1.807) is 0 Å². The van der Waals surface area contributed by atoms with Crippen LogP contribution >= 0.6 is 11.6 Å². The number of ether oxygens (including phenoxy) is 1. The SMILES string of the molecule is CC(C)(C)C(CCl)CC1Cc2ccccc2O1. The van der Waals surface area contributed by atoms with E-state index in [0.717, 1.165) is 18.6 Å². The Kier molecular flexibility index (Phi) is 3.67. The summed E-state index contributed by atoms with van der Waals surface area (Å²) in [7, 11) is 0. The topological polar surface area (TPSA) is 9.23 Å². The lowest BCUT2D eigenvalue weighted by atomic mass is 9.78. The summed E-state index contributed by atoms with van der Waals surface area (Å²) in [6, 6.07) is 8.32. The normalized spacial score (nSPS) is 20.8. The molecule has 1 aromatic carbocycles. The van der Waals surface area contributed by atoms with Crippen LogP contribution in [0.1, 0.15) is 32.8 Å². The quantitative estimate of drug-likeness (QED) is 0.730. The lowest BCUT2D eigenvalue weighted by molar-refractivity contribution is 0.148. The van der Waals surface area contributed by atoms with Gasteiger partial charge >= 0.3 is 0 Å². The molecular formula is C15H21ClO. The summed E-state index contributed by atoms with van der Waals surface area (Å²) in [6.45, 7) is 6.76. The smallest absolute Gasteiger partial charge is 0.123 e. The molecule has 0 aromatic heterocycles. The van der Waals surface area contributed by atoms with Crippen molar-refractivity contribution in [2.24, 2.45) is 11.3 Å². The standard InChI is InChI=1S/C15H21ClO/c1-15(2,3)12(10-16)9-13-8-11-6-4-5-7-14(11)17-13/h4-7,12-13H,8-10H2,1-3H3. The van der Waals surface area contributed by atoms with Crippen LogP contribution in [-0.4, -0.2) is 12.0 Å². The zero-order valence-corrected chi connectivity index (χ0v) is 11.6. The highest BCUT2D eigenvalue weighted by molar-refractivity contribution is 6.18. The fraction of sp³-hybridized carbons (Fsp3) is 0.600. The molecular weight excluding hydrogens is 232 g/mol. The first-order valence-corrected chi connectivity index (χ1v) is 6.84. The Hall–Kier alpha value is -0.690. The average molecular weight is 253 g/mol. The van der Waals surface area contributed by atoms with E-state index in [-0.39, 0.29) is 5.41 Å². The maximum atomic E-state index is 6.09. The lowest BCUT2D eigenvalue weighted by Gasteiger charge is -2.30. The molecule has 2 heteroatoms. The van der Waals surface area contributed by atoms with Crippen LogP contribution < -0.4 is 4.74 Å². The third-order valence-electron chi connectivity index (χ3n) is 3.67. The molecule has 1 aliphatic heterocycles. The van der Waals surface area contributed by atoms with Gasteiger partial charge in [-0.3, -0.25) is 0 Å². The minimum absolute atomic E-state index is 0.250. The number of benzene rings is 1. The molecule has 0 bridgehead atoms. The zero-order chi connectivity index (χ0) is 12.5. The molecule has 0 amide bonds. The van der Waals surface area contributed by atoms with Gasteiger partial charge < -0.3 is 4.74 Å². The van der Waals surface area contributed by atoms with Crippen molar-refractivity contribution in [2.75, 3.05) is 5.88 Å². The van der Waals surface area contributed by atoms with Gasteiger partial charge in [-0.15, -0.1) is 11.6 Å². The molecule has 0 saturated heterocycles. The van der Waals surface area contributed by atoms with Crippen LogP contribution in [0, 0.1) is 11.3 Å². The van der Waals surface area contributed by atoms with Gasteiger partial charge in [0.2, 0.25) is 0 Å². The van der Waals surface area contributed by atoms with E-state index >= 15 is 0 Å². The van der Waals surface area contributed by atoms with E-state index in [1.165, 1.54) is 5.56 Å². The number of rotatable bonds is 3. The molecule has 0 spiro atoms. The third-order valence-corrected chi connectivity index (χ3v) is 4.04. The minimum atomic E-state index is 0.250. The molecule has 1 heterocycles. The summed E-state index contributed by atoms with van der Waals surface area (Å²) in [5.41, 5.74) is 1.58. The van der Waals surface area contributed by atoms with Gasteiger partial charge in [-0.25, -0.2) is 0 Å². The molecule has 0 N–H and O–H groups in total. The van der Waals surface area contributed by atoms with Crippen molar-refractivity contribution in [1.82, 2.24) is 0 Å². The number of para-hydroxylation sites is 1. The van der Waals surface area contributed by atoms with Gasteiger partial charge in [-0.1, -0.05) is 39.0 Å². The number of alkyl halides is 1. The molecule has 17 heavy (non-hydrogen) atoms. The molecule has 1 aliphatic rings. The Labute approximate surface area is 109 Å². The summed E-state index contributed by atoms with van der Waals surface area (Å²) < 4.78 is 5.98. The van der Waals surface area contributed by atoms with Gasteiger partial charge in [-0.05, 0) is 29.4 Å². The van der Waals surface area contributed by atoms with Gasteiger partial charge in [0.15, 0.2) is 0 Å². The molecule has 0 fully saturated rings. The Morgan fingerprint density at radius 3 is 2.65 bits per heavy atom. The van der Waals surface area contributed by atoms with Crippen LogP contribution in [0.5, 0.6) is 5.75 Å². The number of hydrogen-bond donors (Lipinski definition) is 0. The predicted molar refractivity (Wildman–Crippen MR) is 72.8 cm³/mol. The van der Waals surface area contributed by atoms with E-state index in [0.29, 0.717) is 17.9 Å². The van der Waals surface area contributed by atoms with Gasteiger partial charge in [0.25, 0.3) is 0 Å². The second-order valence-electron chi connectivity index (χ2n) is 6.00. The van der Waals surface area contributed by atoms with Crippen LogP contribution in [0.25, 0.3) is 0 Å². The number of halogens is 1. The van der Waals surface area contributed by atoms with Crippen LogP contribution in [-0.2, 0) is 6.42 Å². The molecule has 1 nitrogen and oxygen atoms in total. The van der Waals surface area contributed by atoms with Gasteiger partial charge in [-0.2, -0.15) is 0 Å². The van der Waals surface area contributed by atoms with Crippen molar-refractivity contribution < 1.29 is 4.74 Å². The minimum Gasteiger partial charge on any atom is -0.490 e. The van der Waals surface area contributed by atoms with Crippen molar-refractivity contribution in [1.29, 1.82) is 0 Å². The molecule has 1 aromatic rings. The fourth-order valence-electron chi connectivity index (χ4n) is 2.35. The molecule has 0 radical (unpaired) electrons. The molecule has 2 atom stereocenters. The maximum Gasteiger partial charge on any atom is 0.123 e. The second-order valence-corrected chi connectivity index (χ2v) is 6.31. The Morgan fingerprint density at radius 1 is 1.35 bits per heavy atom. The van der Waals surface area contributed by atoms with Crippen molar-refractivity contribution >= 4 is 11.6 Å². The van der Waals surface area contributed by atoms with Gasteiger partial charge in [0.05, 0.1) is 0 Å². The highest BCUT2D eigenvalue weighted by atomic mass is 35.5. The number of hydrogen-bond acceptors (Lipinski definition) is 1. The van der Waals surface area contributed by atoms with E-state index in [9.17, 15) is 0 Å². The molecule has 0 saturated carbocycles. The summed E-state index contributed by atoms with van der Waals surface area (Å²) in [4.78, 5) is 0. The Balaban J connectivity index is 2.00. The first-order chi connectivity index (χ1) is 8.00. The lowest BCUT2D eigenvalue weighted by Crippen LogP contribution is -2.28. The molecule has 2 rings (SSSR count). The van der Waals surface area contributed by atoms with Gasteiger partial charge in [0, 0.05) is 12.3 Å². The van der Waals surface area contributed by atoms with Crippen molar-refractivity contribution in [2.45, 2.75) is 39.7 Å². The third kappa shape index (κ3) is 2.95. The predicted octanol–water partition coefficient (Wildman–Crippen LogP) is 4.28. The summed E-state index contributed by atoms with van der Waals surface area (Å²) in [5.74, 6) is 2.27. The largest absolute Gasteiger partial charge is 0.490 e. The Bertz CT molecular complexity index is 356. The van der Waals surface area contributed by atoms with Crippen LogP contribution in [0.4, 0.5) is 0 Å². The summed E-state index contributed by atoms with van der Waals surface area (Å²) >= 11 is 6.09. The average Bonchev–Trinajstić information content (AvgIpc) is 2.66. The molecule has 94 valence electrons. The van der Waals surface area contributed by atoms with Crippen molar-refractivity contribution in [3.05, 3.63) is 29.8 Å². The van der Waals surface area contributed by atoms with E-state index in [2.05, 4.69) is 39.0 Å². The monoisotopic (exact) mass is 252 g/mol. The highest BCUT2D eigenvalue weighted by Gasteiger charge is 2.30. The maximum absolute atomic E-state index is 6.09. The van der Waals surface area contributed by atoms with Crippen LogP contribution in [0.3, 0.4) is 0 Å². The van der Waals surface area contributed by atoms with Crippen molar-refractivity contribution in [3.8, 4) is 5.75 Å². The zero-order valence-electron chi connectivity index (χ0n) is 10.9. The van der Waals surface area contributed by atoms with Crippen LogP contribution in [0.2, 0.25) is 0 Å². The van der Waals surface area contributed by atoms with E-state index in [1.807, 2.05) is 6.07 Å². The van der Waals surface area contributed by atoms with Crippen LogP contribution in [0.15, 0.2) is 24.3 Å². The number of fused-ring (bicyclic) bond motifs is 1. The van der Waals surface area contributed by atoms with E-state index < -0.39 is 0 Å². The second kappa shape index (κ2) is 4.89. The first kappa shape index (κ1) is 12.8. The highest BCUT2D eigenvalue weighted by Crippen LogP contribution is 2.36. The van der Waals surface area contributed by atoms with E-state index in [4.69, 9.17) is 16.3 Å². The fourth-order valence-corrected chi connectivity index (χ4v) is 2.94. The first-order valence-electron chi connectivity index (χ1n) is 6.31.